The van der Waals surface area contributed by atoms with Gasteiger partial charge >= 0.3 is 0 Å². The number of anilines is 1. The summed E-state index contributed by atoms with van der Waals surface area (Å²) in [6.07, 6.45) is 2.98. The van der Waals surface area contributed by atoms with Gasteiger partial charge in [0.15, 0.2) is 5.82 Å². The van der Waals surface area contributed by atoms with Gasteiger partial charge in [0, 0.05) is 23.9 Å². The van der Waals surface area contributed by atoms with Crippen molar-refractivity contribution in [3.05, 3.63) is 30.1 Å². The van der Waals surface area contributed by atoms with E-state index in [2.05, 4.69) is 39.4 Å². The Bertz CT molecular complexity index is 854. The molecule has 106 valence electrons. The summed E-state index contributed by atoms with van der Waals surface area (Å²) in [7, 11) is 0. The quantitative estimate of drug-likeness (QED) is 0.756. The number of carbonyl (C=O) groups excluding carboxylic acids is 1. The molecule has 0 radical (unpaired) electrons. The van der Waals surface area contributed by atoms with Gasteiger partial charge in [0.05, 0.1) is 5.39 Å². The molecular formula is C15H15N5O. The molecule has 0 spiro atoms. The molecule has 0 saturated carbocycles. The van der Waals surface area contributed by atoms with Crippen molar-refractivity contribution in [1.29, 1.82) is 0 Å². The third kappa shape index (κ3) is 1.91. The topological polar surface area (TPSA) is 73.9 Å². The van der Waals surface area contributed by atoms with Crippen LogP contribution in [-0.4, -0.2) is 32.4 Å². The molecule has 1 aliphatic heterocycles. The highest BCUT2D eigenvalue weighted by Crippen LogP contribution is 2.30. The Morgan fingerprint density at radius 3 is 3.05 bits per heavy atom. The maximum atomic E-state index is 11.8. The predicted octanol–water partition coefficient (Wildman–Crippen LogP) is 2.37. The van der Waals surface area contributed by atoms with Crippen molar-refractivity contribution >= 4 is 33.7 Å². The van der Waals surface area contributed by atoms with Crippen molar-refractivity contribution < 1.29 is 4.79 Å². The number of aromatic amines is 1. The lowest BCUT2D eigenvalue weighted by Crippen LogP contribution is -2.31. The minimum absolute atomic E-state index is 0.109. The molecule has 1 aromatic carbocycles. The molecule has 6 heteroatoms. The molecule has 0 aliphatic carbocycles. The third-order valence-corrected chi connectivity index (χ3v) is 3.86. The van der Waals surface area contributed by atoms with Gasteiger partial charge < -0.3 is 4.98 Å². The van der Waals surface area contributed by atoms with Crippen molar-refractivity contribution in [2.45, 2.75) is 19.8 Å². The molecule has 3 heterocycles. The van der Waals surface area contributed by atoms with Gasteiger partial charge in [-0.3, -0.25) is 15.2 Å². The number of nitrogens with one attached hydrogen (secondary N) is 2. The highest BCUT2D eigenvalue weighted by atomic mass is 16.2. The summed E-state index contributed by atoms with van der Waals surface area (Å²) in [6, 6.07) is 6.20. The van der Waals surface area contributed by atoms with Crippen LogP contribution in [0, 0.1) is 6.92 Å². The number of rotatable bonds is 2. The minimum Gasteiger partial charge on any atom is -0.339 e. The summed E-state index contributed by atoms with van der Waals surface area (Å²) >= 11 is 0. The van der Waals surface area contributed by atoms with Gasteiger partial charge in [-0.2, -0.15) is 0 Å². The second-order valence-corrected chi connectivity index (χ2v) is 5.38. The van der Waals surface area contributed by atoms with E-state index in [1.165, 1.54) is 11.9 Å². The fourth-order valence-electron chi connectivity index (χ4n) is 2.82. The van der Waals surface area contributed by atoms with Gasteiger partial charge in [0.1, 0.15) is 12.0 Å². The van der Waals surface area contributed by atoms with Crippen LogP contribution in [0.4, 0.5) is 5.82 Å². The number of hydrazine groups is 1. The lowest BCUT2D eigenvalue weighted by Gasteiger charge is -2.17. The molecule has 3 aromatic rings. The Labute approximate surface area is 121 Å². The Balaban J connectivity index is 1.89. The van der Waals surface area contributed by atoms with Crippen molar-refractivity contribution in [2.24, 2.45) is 0 Å². The van der Waals surface area contributed by atoms with Crippen LogP contribution in [0.5, 0.6) is 0 Å². The average molecular weight is 281 g/mol. The third-order valence-electron chi connectivity index (χ3n) is 3.86. The number of hydrogen-bond acceptors (Lipinski definition) is 4. The van der Waals surface area contributed by atoms with E-state index >= 15 is 0 Å². The van der Waals surface area contributed by atoms with Gasteiger partial charge in [-0.05, 0) is 25.5 Å². The smallest absolute Gasteiger partial charge is 0.241 e. The van der Waals surface area contributed by atoms with E-state index in [4.69, 9.17) is 0 Å². The van der Waals surface area contributed by atoms with Gasteiger partial charge in [-0.25, -0.2) is 9.97 Å². The highest BCUT2D eigenvalue weighted by molar-refractivity contribution is 6.11. The molecule has 0 atom stereocenters. The van der Waals surface area contributed by atoms with Crippen LogP contribution in [0.3, 0.4) is 0 Å². The van der Waals surface area contributed by atoms with Crippen LogP contribution in [0.25, 0.3) is 21.9 Å². The number of aryl methyl sites for hydroxylation is 1. The molecule has 2 aromatic heterocycles. The average Bonchev–Trinajstić information content (AvgIpc) is 3.03. The normalized spacial score (nSPS) is 15.3. The van der Waals surface area contributed by atoms with Crippen LogP contribution in [0.2, 0.25) is 0 Å². The zero-order valence-corrected chi connectivity index (χ0v) is 11.7. The Morgan fingerprint density at radius 2 is 2.24 bits per heavy atom. The standard InChI is InChI=1S/C15H15N5O/c1-9-4-5-11-10(7-9)13-14(18-11)16-8-17-15(13)19-20-6-2-3-12(20)21/h4-5,7-8H,2-3,6H2,1H3,(H2,16,17,18,19). The van der Waals surface area contributed by atoms with Crippen LogP contribution in [0.1, 0.15) is 18.4 Å². The van der Waals surface area contributed by atoms with E-state index in [-0.39, 0.29) is 5.91 Å². The molecule has 21 heavy (non-hydrogen) atoms. The molecule has 2 N–H and O–H groups in total. The Hall–Kier alpha value is -2.63. The summed E-state index contributed by atoms with van der Waals surface area (Å²) in [5, 5.41) is 3.63. The maximum Gasteiger partial charge on any atom is 0.241 e. The summed E-state index contributed by atoms with van der Waals surface area (Å²) in [5.41, 5.74) is 6.12. The number of carbonyl (C=O) groups is 1. The van der Waals surface area contributed by atoms with Crippen LogP contribution >= 0.6 is 0 Å². The summed E-state index contributed by atoms with van der Waals surface area (Å²) < 4.78 is 0. The van der Waals surface area contributed by atoms with E-state index < -0.39 is 0 Å². The van der Waals surface area contributed by atoms with Gasteiger partial charge in [-0.1, -0.05) is 11.6 Å². The second kappa shape index (κ2) is 4.44. The van der Waals surface area contributed by atoms with Crippen LogP contribution in [-0.2, 0) is 4.79 Å². The number of amides is 1. The first-order valence-corrected chi connectivity index (χ1v) is 7.02. The van der Waals surface area contributed by atoms with E-state index in [1.807, 2.05) is 6.07 Å². The van der Waals surface area contributed by atoms with Crippen molar-refractivity contribution in [2.75, 3.05) is 12.0 Å². The number of fused-ring (bicyclic) bond motifs is 3. The molecule has 1 fully saturated rings. The molecule has 1 amide bonds. The zero-order chi connectivity index (χ0) is 14.4. The first kappa shape index (κ1) is 12.1. The number of aromatic nitrogens is 3. The lowest BCUT2D eigenvalue weighted by molar-refractivity contribution is -0.126. The number of H-pyrrole nitrogens is 1. The number of hydrogen-bond donors (Lipinski definition) is 2. The maximum absolute atomic E-state index is 11.8. The van der Waals surface area contributed by atoms with Crippen molar-refractivity contribution in [3.8, 4) is 0 Å². The SMILES string of the molecule is Cc1ccc2[nH]c3ncnc(NN4CCCC4=O)c3c2c1. The summed E-state index contributed by atoms with van der Waals surface area (Å²) in [5.74, 6) is 0.782. The van der Waals surface area contributed by atoms with Crippen molar-refractivity contribution in [3.63, 3.8) is 0 Å². The van der Waals surface area contributed by atoms with Gasteiger partial charge in [-0.15, -0.1) is 0 Å². The summed E-state index contributed by atoms with van der Waals surface area (Å²) in [6.45, 7) is 2.77. The highest BCUT2D eigenvalue weighted by Gasteiger charge is 2.22. The fraction of sp³-hybridized carbons (Fsp3) is 0.267. The van der Waals surface area contributed by atoms with Crippen molar-refractivity contribution in [1.82, 2.24) is 20.0 Å². The predicted molar refractivity (Wildman–Crippen MR) is 80.7 cm³/mol. The van der Waals surface area contributed by atoms with E-state index in [0.717, 1.165) is 28.4 Å². The van der Waals surface area contributed by atoms with Gasteiger partial charge in [0.25, 0.3) is 0 Å². The van der Waals surface area contributed by atoms with E-state index in [0.29, 0.717) is 18.8 Å². The monoisotopic (exact) mass is 281 g/mol. The number of benzene rings is 1. The Kier molecular flexibility index (Phi) is 2.57. The molecule has 0 bridgehead atoms. The Morgan fingerprint density at radius 1 is 1.33 bits per heavy atom. The number of nitrogens with zero attached hydrogens (tertiary/aromatic N) is 3. The van der Waals surface area contributed by atoms with Crippen LogP contribution < -0.4 is 5.43 Å². The molecule has 4 rings (SSSR count). The molecule has 1 saturated heterocycles. The molecule has 6 nitrogen and oxygen atoms in total. The molecule has 1 aliphatic rings. The molecular weight excluding hydrogens is 266 g/mol. The zero-order valence-electron chi connectivity index (χ0n) is 11.7. The fourth-order valence-corrected chi connectivity index (χ4v) is 2.82. The first-order valence-electron chi connectivity index (χ1n) is 7.02. The first-order chi connectivity index (χ1) is 10.2. The van der Waals surface area contributed by atoms with Crippen LogP contribution in [0.15, 0.2) is 24.5 Å². The minimum atomic E-state index is 0.109. The van der Waals surface area contributed by atoms with E-state index in [9.17, 15) is 4.79 Å². The van der Waals surface area contributed by atoms with Gasteiger partial charge in [0.2, 0.25) is 5.91 Å². The largest absolute Gasteiger partial charge is 0.339 e. The second-order valence-electron chi connectivity index (χ2n) is 5.38. The van der Waals surface area contributed by atoms with E-state index in [1.54, 1.807) is 5.01 Å². The summed E-state index contributed by atoms with van der Waals surface area (Å²) in [4.78, 5) is 23.7. The lowest BCUT2D eigenvalue weighted by atomic mass is 10.1. The molecule has 0 unspecified atom stereocenters.